The van der Waals surface area contributed by atoms with Gasteiger partial charge in [0.15, 0.2) is 0 Å². The molecule has 0 aliphatic carbocycles. The Balaban J connectivity index is 2.57. The molecule has 0 bridgehead atoms. The molecule has 9 amide bonds. The van der Waals surface area contributed by atoms with Crippen molar-refractivity contribution in [1.29, 1.82) is 0 Å². The molecule has 0 saturated carbocycles. The standard InChI is InChI=1S/C69H128N8O15/c1-48(2)54-41-58(81)77(59(54)82)35-26-57(80)76(33-24-52(6)91-46-68(18,19)62(85)70-29-22-36-89-42-49(3)74-55(78)27-37-87-39-31-72-60(83)66(14,15)44-64(8,9)10)34-25-53(7)92-47-69(20,21)63(86)71-30-23-51(5)90-43-50(4)75-56(79)28-38-88-40-32-73-61(84)67(16,17)45-65(11,12)13/h48-54H,22-47H2,1-21H3,(H,70,85)(H,71,86)(H,72,83)(H,73,84)(H,74,78)(H,75,79). The van der Waals surface area contributed by atoms with Gasteiger partial charge in [-0.1, -0.05) is 83.1 Å². The fourth-order valence-corrected chi connectivity index (χ4v) is 10.8. The Morgan fingerprint density at radius 1 is 0.489 bits per heavy atom. The van der Waals surface area contributed by atoms with Crippen LogP contribution >= 0.6 is 0 Å². The molecule has 6 N–H and O–H groups in total. The molecule has 0 aromatic carbocycles. The highest BCUT2D eigenvalue weighted by molar-refractivity contribution is 6.04. The minimum Gasteiger partial charge on any atom is -0.379 e. The number of nitrogens with zero attached hydrogens (tertiary/aromatic N) is 2. The maximum absolute atomic E-state index is 13.9. The van der Waals surface area contributed by atoms with Gasteiger partial charge in [-0.25, -0.2) is 0 Å². The average molecular weight is 1310 g/mol. The van der Waals surface area contributed by atoms with E-state index in [2.05, 4.69) is 73.4 Å². The largest absolute Gasteiger partial charge is 0.379 e. The molecule has 1 aliphatic heterocycles. The van der Waals surface area contributed by atoms with Crippen LogP contribution in [0.2, 0.25) is 0 Å². The molecule has 6 unspecified atom stereocenters. The molecule has 92 heavy (non-hydrogen) atoms. The molecule has 1 saturated heterocycles. The molecule has 1 heterocycles. The summed E-state index contributed by atoms with van der Waals surface area (Å²) in [6.07, 6.45) is 3.07. The number of ether oxygens (including phenoxy) is 6. The zero-order valence-corrected chi connectivity index (χ0v) is 60.9. The van der Waals surface area contributed by atoms with E-state index in [9.17, 15) is 43.2 Å². The molecular formula is C69H128N8O15. The summed E-state index contributed by atoms with van der Waals surface area (Å²) in [5.41, 5.74) is -2.69. The highest BCUT2D eigenvalue weighted by atomic mass is 16.5. The summed E-state index contributed by atoms with van der Waals surface area (Å²) in [5, 5.41) is 17.6. The van der Waals surface area contributed by atoms with Gasteiger partial charge >= 0.3 is 0 Å². The lowest BCUT2D eigenvalue weighted by Gasteiger charge is -2.31. The Kier molecular flexibility index (Phi) is 38.2. The number of amides is 9. The summed E-state index contributed by atoms with van der Waals surface area (Å²) in [6.45, 7) is 45.2. The first-order valence-corrected chi connectivity index (χ1v) is 33.9. The Morgan fingerprint density at radius 2 is 0.902 bits per heavy atom. The Hall–Kier alpha value is -4.81. The summed E-state index contributed by atoms with van der Waals surface area (Å²) < 4.78 is 35.3. The van der Waals surface area contributed by atoms with Gasteiger partial charge < -0.3 is 65.2 Å². The Bertz CT molecular complexity index is 2280. The smallest absolute Gasteiger partial charge is 0.233 e. The van der Waals surface area contributed by atoms with Gasteiger partial charge in [0.05, 0.1) is 82.0 Å². The lowest BCUT2D eigenvalue weighted by molar-refractivity contribution is -0.141. The fourth-order valence-electron chi connectivity index (χ4n) is 10.8. The third kappa shape index (κ3) is 36.7. The molecule has 6 atom stereocenters. The number of carbonyl (C=O) groups excluding carboxylic acids is 9. The fraction of sp³-hybridized carbons (Fsp3) is 0.870. The van der Waals surface area contributed by atoms with Crippen LogP contribution in [-0.2, 0) is 71.6 Å². The van der Waals surface area contributed by atoms with E-state index in [4.69, 9.17) is 28.4 Å². The number of hydrogen-bond donors (Lipinski definition) is 6. The van der Waals surface area contributed by atoms with Crippen molar-refractivity contribution in [2.24, 2.45) is 44.3 Å². The quantitative estimate of drug-likeness (QED) is 0.0258. The maximum Gasteiger partial charge on any atom is 0.233 e. The van der Waals surface area contributed by atoms with E-state index >= 15 is 0 Å². The van der Waals surface area contributed by atoms with E-state index in [0.717, 1.165) is 12.8 Å². The number of imide groups is 1. The number of likely N-dealkylation sites (tertiary alicyclic amines) is 1. The summed E-state index contributed by atoms with van der Waals surface area (Å²) in [7, 11) is 0. The summed E-state index contributed by atoms with van der Waals surface area (Å²) in [6, 6.07) is -0.473. The first-order valence-electron chi connectivity index (χ1n) is 33.9. The third-order valence-electron chi connectivity index (χ3n) is 15.9. The normalized spacial score (nSPS) is 16.0. The Labute approximate surface area is 554 Å². The monoisotopic (exact) mass is 1310 g/mol. The van der Waals surface area contributed by atoms with Crippen LogP contribution in [0.1, 0.15) is 210 Å². The minimum atomic E-state index is -0.880. The number of carbonyl (C=O) groups is 9. The summed E-state index contributed by atoms with van der Waals surface area (Å²) in [4.78, 5) is 120. The van der Waals surface area contributed by atoms with E-state index in [1.165, 1.54) is 4.90 Å². The first-order chi connectivity index (χ1) is 42.5. The van der Waals surface area contributed by atoms with Gasteiger partial charge in [0.25, 0.3) is 0 Å². The number of hydrogen-bond acceptors (Lipinski definition) is 15. The molecule has 534 valence electrons. The van der Waals surface area contributed by atoms with Crippen molar-refractivity contribution in [3.63, 3.8) is 0 Å². The zero-order chi connectivity index (χ0) is 70.3. The highest BCUT2D eigenvalue weighted by Crippen LogP contribution is 2.34. The van der Waals surface area contributed by atoms with Crippen molar-refractivity contribution in [3.8, 4) is 0 Å². The summed E-state index contributed by atoms with van der Waals surface area (Å²) in [5.74, 6) is -1.90. The van der Waals surface area contributed by atoms with Crippen LogP contribution in [0.5, 0.6) is 0 Å². The van der Waals surface area contributed by atoms with Gasteiger partial charge in [-0.3, -0.25) is 48.1 Å². The van der Waals surface area contributed by atoms with E-state index in [0.29, 0.717) is 91.4 Å². The van der Waals surface area contributed by atoms with Gasteiger partial charge in [0.1, 0.15) is 0 Å². The van der Waals surface area contributed by atoms with Crippen LogP contribution in [0.25, 0.3) is 0 Å². The molecule has 23 heteroatoms. The van der Waals surface area contributed by atoms with E-state index in [-0.39, 0.29) is 166 Å². The molecule has 0 radical (unpaired) electrons. The second-order valence-corrected chi connectivity index (χ2v) is 30.9. The second-order valence-electron chi connectivity index (χ2n) is 30.9. The van der Waals surface area contributed by atoms with Crippen molar-refractivity contribution >= 4 is 53.2 Å². The van der Waals surface area contributed by atoms with Crippen molar-refractivity contribution in [2.45, 2.75) is 240 Å². The third-order valence-corrected chi connectivity index (χ3v) is 15.9. The van der Waals surface area contributed by atoms with Gasteiger partial charge in [-0.2, -0.15) is 0 Å². The number of nitrogens with one attached hydrogen (secondary N) is 6. The van der Waals surface area contributed by atoms with E-state index in [1.807, 2.05) is 76.2 Å². The zero-order valence-electron chi connectivity index (χ0n) is 60.9. The molecule has 0 aromatic heterocycles. The minimum absolute atomic E-state index is 0.00205. The molecule has 23 nitrogen and oxygen atoms in total. The van der Waals surface area contributed by atoms with Crippen LogP contribution in [0.3, 0.4) is 0 Å². The van der Waals surface area contributed by atoms with Crippen molar-refractivity contribution < 1.29 is 71.6 Å². The van der Waals surface area contributed by atoms with E-state index < -0.39 is 27.6 Å². The molecule has 1 aliphatic rings. The predicted octanol–water partition coefficient (Wildman–Crippen LogP) is 7.29. The molecule has 0 aromatic rings. The maximum atomic E-state index is 13.9. The van der Waals surface area contributed by atoms with Gasteiger partial charge in [0.2, 0.25) is 53.2 Å². The second kappa shape index (κ2) is 41.2. The molecular weight excluding hydrogens is 1180 g/mol. The molecule has 1 fully saturated rings. The van der Waals surface area contributed by atoms with Crippen LogP contribution in [0.15, 0.2) is 0 Å². The molecule has 0 spiro atoms. The molecule has 1 rings (SSSR count). The van der Waals surface area contributed by atoms with Crippen LogP contribution < -0.4 is 31.9 Å². The first kappa shape index (κ1) is 85.2. The predicted molar refractivity (Wildman–Crippen MR) is 358 cm³/mol. The van der Waals surface area contributed by atoms with Gasteiger partial charge in [-0.15, -0.1) is 0 Å². The van der Waals surface area contributed by atoms with Crippen LogP contribution in [0.4, 0.5) is 0 Å². The van der Waals surface area contributed by atoms with Crippen molar-refractivity contribution in [1.82, 2.24) is 41.7 Å². The summed E-state index contributed by atoms with van der Waals surface area (Å²) >= 11 is 0. The average Bonchev–Trinajstić information content (AvgIpc) is 1.72. The SMILES string of the molecule is CC(COCCCNC(=O)C(C)(C)COC(C)CCN(CCC(C)OCC(C)(C)C(=O)NCCC(C)OCC(C)NC(=O)CCOCCNC(=O)C(C)(C)CC(C)(C)C)C(=O)CCN1C(=O)CC(C(C)C)C1=O)NC(=O)CCOCCNC(=O)C(C)(C)CC(C)(C)C. The van der Waals surface area contributed by atoms with Gasteiger partial charge in [-0.05, 0) is 118 Å². The lowest BCUT2D eigenvalue weighted by atomic mass is 9.75. The highest BCUT2D eigenvalue weighted by Gasteiger charge is 2.41. The van der Waals surface area contributed by atoms with Crippen molar-refractivity contribution in [3.05, 3.63) is 0 Å². The lowest BCUT2D eigenvalue weighted by Crippen LogP contribution is -2.42. The number of rotatable bonds is 48. The van der Waals surface area contributed by atoms with Crippen LogP contribution in [-0.4, -0.2) is 199 Å². The van der Waals surface area contributed by atoms with Gasteiger partial charge in [0, 0.05) is 107 Å². The van der Waals surface area contributed by atoms with Crippen LogP contribution in [0, 0.1) is 44.3 Å². The Morgan fingerprint density at radius 3 is 1.34 bits per heavy atom. The van der Waals surface area contributed by atoms with Crippen molar-refractivity contribution in [2.75, 3.05) is 105 Å². The van der Waals surface area contributed by atoms with E-state index in [1.54, 1.807) is 32.6 Å². The topological polar surface area (TPSA) is 288 Å².